The number of aromatic nitrogens is 3. The smallest absolute Gasteiger partial charge is 0.231 e. The van der Waals surface area contributed by atoms with Crippen LogP contribution in [0.2, 0.25) is 5.02 Å². The Labute approximate surface area is 163 Å². The van der Waals surface area contributed by atoms with E-state index >= 15 is 0 Å². The number of carbonyl (C=O) groups excluding carboxylic acids is 1. The van der Waals surface area contributed by atoms with Crippen molar-refractivity contribution >= 4 is 23.5 Å². The summed E-state index contributed by atoms with van der Waals surface area (Å²) in [6, 6.07) is 16.1. The van der Waals surface area contributed by atoms with Gasteiger partial charge in [0.2, 0.25) is 11.9 Å². The first kappa shape index (κ1) is 17.7. The van der Waals surface area contributed by atoms with Gasteiger partial charge in [-0.05, 0) is 36.6 Å². The van der Waals surface area contributed by atoms with Gasteiger partial charge in [-0.3, -0.25) is 9.69 Å². The lowest BCUT2D eigenvalue weighted by Crippen LogP contribution is -2.42. The molecule has 2 atom stereocenters. The number of hydrogen-bond acceptors (Lipinski definition) is 3. The molecule has 0 saturated carbocycles. The molecule has 1 aliphatic heterocycles. The zero-order chi connectivity index (χ0) is 19.0. The van der Waals surface area contributed by atoms with Gasteiger partial charge >= 0.3 is 0 Å². The number of halogens is 1. The number of anilines is 1. The van der Waals surface area contributed by atoms with Gasteiger partial charge < -0.3 is 0 Å². The van der Waals surface area contributed by atoms with Crippen LogP contribution in [0.25, 0.3) is 0 Å². The Morgan fingerprint density at radius 3 is 2.37 bits per heavy atom. The summed E-state index contributed by atoms with van der Waals surface area (Å²) >= 11 is 6.06. The molecule has 27 heavy (non-hydrogen) atoms. The minimum absolute atomic E-state index is 0.00743. The molecule has 1 aromatic heterocycles. The summed E-state index contributed by atoms with van der Waals surface area (Å²) in [7, 11) is 0. The van der Waals surface area contributed by atoms with Crippen molar-refractivity contribution in [3.63, 3.8) is 0 Å². The molecule has 0 spiro atoms. The second-order valence-corrected chi connectivity index (χ2v) is 7.29. The Balaban J connectivity index is 1.83. The molecular weight excluding hydrogens is 360 g/mol. The minimum Gasteiger partial charge on any atom is -0.274 e. The fourth-order valence-electron chi connectivity index (χ4n) is 3.68. The van der Waals surface area contributed by atoms with Crippen molar-refractivity contribution in [2.75, 3.05) is 4.90 Å². The average molecular weight is 381 g/mol. The van der Waals surface area contributed by atoms with Crippen molar-refractivity contribution in [2.24, 2.45) is 0 Å². The van der Waals surface area contributed by atoms with Crippen molar-refractivity contribution in [2.45, 2.75) is 38.8 Å². The summed E-state index contributed by atoms with van der Waals surface area (Å²) < 4.78 is 1.85. The van der Waals surface area contributed by atoms with E-state index in [2.05, 4.69) is 41.3 Å². The fraction of sp³-hybridized carbons (Fsp3) is 0.286. The summed E-state index contributed by atoms with van der Waals surface area (Å²) in [6.07, 6.45) is 2.67. The molecule has 0 radical (unpaired) electrons. The highest BCUT2D eigenvalue weighted by Gasteiger charge is 2.38. The third-order valence-electron chi connectivity index (χ3n) is 5.11. The highest BCUT2D eigenvalue weighted by atomic mass is 35.5. The monoisotopic (exact) mass is 380 g/mol. The van der Waals surface area contributed by atoms with E-state index in [4.69, 9.17) is 11.6 Å². The predicted octanol–water partition coefficient (Wildman–Crippen LogP) is 4.72. The van der Waals surface area contributed by atoms with Crippen molar-refractivity contribution in [3.05, 3.63) is 76.6 Å². The van der Waals surface area contributed by atoms with Crippen LogP contribution in [0.3, 0.4) is 0 Å². The first-order valence-corrected chi connectivity index (χ1v) is 9.50. The van der Waals surface area contributed by atoms with Crippen LogP contribution in [0.15, 0.2) is 54.9 Å². The Hall–Kier alpha value is -2.66. The number of hydrogen-bond donors (Lipinski definition) is 0. The van der Waals surface area contributed by atoms with Crippen molar-refractivity contribution in [3.8, 4) is 0 Å². The van der Waals surface area contributed by atoms with E-state index in [0.29, 0.717) is 17.4 Å². The van der Waals surface area contributed by atoms with Crippen molar-refractivity contribution < 1.29 is 4.79 Å². The Kier molecular flexibility index (Phi) is 4.70. The summed E-state index contributed by atoms with van der Waals surface area (Å²) in [4.78, 5) is 19.0. The minimum atomic E-state index is -0.0876. The number of benzene rings is 2. The largest absolute Gasteiger partial charge is 0.274 e. The third-order valence-corrected chi connectivity index (χ3v) is 5.36. The Morgan fingerprint density at radius 1 is 1.07 bits per heavy atom. The molecule has 4 rings (SSSR count). The van der Waals surface area contributed by atoms with Gasteiger partial charge in [0.15, 0.2) is 0 Å². The van der Waals surface area contributed by atoms with Gasteiger partial charge in [-0.25, -0.2) is 4.68 Å². The molecule has 0 unspecified atom stereocenters. The molecule has 1 aliphatic rings. The molecule has 5 nitrogen and oxygen atoms in total. The summed E-state index contributed by atoms with van der Waals surface area (Å²) in [5.74, 6) is 0.642. The van der Waals surface area contributed by atoms with Crippen LogP contribution in [-0.2, 0) is 4.79 Å². The summed E-state index contributed by atoms with van der Waals surface area (Å²) in [6.45, 7) is 3.94. The number of amides is 1. The Bertz CT molecular complexity index is 949. The second kappa shape index (κ2) is 7.16. The molecule has 0 bridgehead atoms. The van der Waals surface area contributed by atoms with Gasteiger partial charge in [0, 0.05) is 11.4 Å². The quantitative estimate of drug-likeness (QED) is 0.660. The lowest BCUT2D eigenvalue weighted by atomic mass is 9.91. The summed E-state index contributed by atoms with van der Waals surface area (Å²) in [5.41, 5.74) is 3.41. The maximum Gasteiger partial charge on any atom is 0.231 e. The number of aryl methyl sites for hydroxylation is 1. The molecule has 1 amide bonds. The number of carbonyl (C=O) groups is 1. The zero-order valence-electron chi connectivity index (χ0n) is 15.3. The van der Waals surface area contributed by atoms with Crippen LogP contribution >= 0.6 is 11.6 Å². The van der Waals surface area contributed by atoms with Crippen LogP contribution in [0.4, 0.5) is 5.95 Å². The second-order valence-electron chi connectivity index (χ2n) is 6.85. The molecule has 2 heterocycles. The molecule has 3 aromatic rings. The van der Waals surface area contributed by atoms with Gasteiger partial charge in [0.05, 0.1) is 12.1 Å². The number of rotatable bonds is 3. The maximum atomic E-state index is 12.8. The maximum absolute atomic E-state index is 12.8. The first-order chi connectivity index (χ1) is 13.1. The average Bonchev–Trinajstić information content (AvgIpc) is 3.17. The van der Waals surface area contributed by atoms with Crippen LogP contribution in [0, 0.1) is 6.92 Å². The van der Waals surface area contributed by atoms with E-state index in [1.54, 1.807) is 4.90 Å². The normalized spacial score (nSPS) is 19.0. The number of nitrogens with zero attached hydrogens (tertiary/aromatic N) is 4. The first-order valence-electron chi connectivity index (χ1n) is 9.12. The fourth-order valence-corrected chi connectivity index (χ4v) is 3.81. The molecule has 0 aliphatic carbocycles. The van der Waals surface area contributed by atoms with E-state index in [0.717, 1.165) is 17.5 Å². The van der Waals surface area contributed by atoms with Gasteiger partial charge in [-0.2, -0.15) is 10.1 Å². The van der Waals surface area contributed by atoms with E-state index in [1.807, 2.05) is 35.9 Å². The van der Waals surface area contributed by atoms with E-state index in [-0.39, 0.29) is 18.0 Å². The van der Waals surface area contributed by atoms with Gasteiger partial charge in [-0.15, -0.1) is 0 Å². The van der Waals surface area contributed by atoms with Crippen LogP contribution < -0.4 is 4.90 Å². The van der Waals surface area contributed by atoms with Crippen molar-refractivity contribution in [1.82, 2.24) is 14.8 Å². The third kappa shape index (κ3) is 3.23. The molecular formula is C21H21ClN4O. The summed E-state index contributed by atoms with van der Waals surface area (Å²) in [5, 5.41) is 5.13. The highest BCUT2D eigenvalue weighted by molar-refractivity contribution is 6.30. The van der Waals surface area contributed by atoms with Crippen LogP contribution in [0.1, 0.15) is 48.5 Å². The van der Waals surface area contributed by atoms with Gasteiger partial charge in [-0.1, -0.05) is 60.5 Å². The molecule has 6 heteroatoms. The van der Waals surface area contributed by atoms with Crippen LogP contribution in [0.5, 0.6) is 0 Å². The van der Waals surface area contributed by atoms with Gasteiger partial charge in [0.25, 0.3) is 0 Å². The molecule has 0 saturated heterocycles. The predicted molar refractivity (Wildman–Crippen MR) is 106 cm³/mol. The molecule has 0 N–H and O–H groups in total. The van der Waals surface area contributed by atoms with E-state index in [9.17, 15) is 4.79 Å². The SMILES string of the molecule is CCC(=O)N1c2ncnn2[C@H](c2ccc(Cl)cc2)C[C@H]1c1ccc(C)cc1. The van der Waals surface area contributed by atoms with E-state index < -0.39 is 0 Å². The number of fused-ring (bicyclic) bond motifs is 1. The Morgan fingerprint density at radius 2 is 1.70 bits per heavy atom. The molecule has 138 valence electrons. The van der Waals surface area contributed by atoms with Gasteiger partial charge in [0.1, 0.15) is 6.33 Å². The lowest BCUT2D eigenvalue weighted by molar-refractivity contribution is -0.119. The molecule has 2 aromatic carbocycles. The lowest BCUT2D eigenvalue weighted by Gasteiger charge is -2.39. The topological polar surface area (TPSA) is 51.0 Å². The standard InChI is InChI=1S/C21H21ClN4O/c1-3-20(27)25-18(15-6-4-14(2)5-7-15)12-19(26-21(25)23-13-24-26)16-8-10-17(22)11-9-16/h4-11,13,18-19H,3,12H2,1-2H3/t18-,19-/m0/s1. The molecule has 0 fully saturated rings. The zero-order valence-corrected chi connectivity index (χ0v) is 16.1. The van der Waals surface area contributed by atoms with Crippen molar-refractivity contribution in [1.29, 1.82) is 0 Å². The highest BCUT2D eigenvalue weighted by Crippen LogP contribution is 2.42. The van der Waals surface area contributed by atoms with Crippen LogP contribution in [-0.4, -0.2) is 20.7 Å². The van der Waals surface area contributed by atoms with E-state index in [1.165, 1.54) is 11.9 Å².